The summed E-state index contributed by atoms with van der Waals surface area (Å²) in [5, 5.41) is 53.2. The highest BCUT2D eigenvalue weighted by molar-refractivity contribution is 6.40. The zero-order valence-corrected chi connectivity index (χ0v) is 63.7. The van der Waals surface area contributed by atoms with Gasteiger partial charge in [-0.1, -0.05) is 147 Å². The molecule has 0 saturated heterocycles. The maximum atomic E-state index is 12.5. The standard InChI is InChI=1S/C28H29N5O.2C18H20N4O3.C11H16N2.C7H4N2O3.CH2Cl2.CH4/c1-20-17-27(25-11-4-5-12-26(25)30-20)31-23-9-6-10-24(18-23)32-28(34)29-14-16-33-15-13-21-7-2-3-8-22(21)19-33;2*23-18(20-16-6-3-7-17(12-16)22(24)25)19-9-11-21-10-8-14-4-1-2-5-15(14)13-21;12-6-8-13-7-5-10-3-1-2-4-11(10)9-13;10-5-8-6-2-1-3-7(4-6)9(11)12;2-1-3;/h2-12,17-18H,13-16,19H2,1H3,(H,30,31)(H2,29,32,34);2*1-7,12H,8-11,13H2,(H2,19,20,23);1-4H,5-9,12H2;1-4H;1H2;1H4. The summed E-state index contributed by atoms with van der Waals surface area (Å²) < 4.78 is 0. The second kappa shape index (κ2) is 45.9. The van der Waals surface area contributed by atoms with Crippen LogP contribution in [0.1, 0.15) is 57.6 Å². The average Bonchev–Trinajstić information content (AvgIpc) is 0.810. The van der Waals surface area contributed by atoms with Crippen molar-refractivity contribution < 1.29 is 33.9 Å². The number of hydrogen-bond acceptors (Lipinski definition) is 18. The van der Waals surface area contributed by atoms with Crippen LogP contribution in [0.3, 0.4) is 0 Å². The normalized spacial score (nSPS) is 13.1. The summed E-state index contributed by atoms with van der Waals surface area (Å²) in [6, 6.07) is 68.3. The molecule has 4 aliphatic rings. The van der Waals surface area contributed by atoms with Gasteiger partial charge in [0.1, 0.15) is 0 Å². The number of nitrogens with one attached hydrogen (secondary N) is 7. The predicted molar refractivity (Wildman–Crippen MR) is 448 cm³/mol. The van der Waals surface area contributed by atoms with Crippen LogP contribution in [-0.2, 0) is 56.7 Å². The summed E-state index contributed by atoms with van der Waals surface area (Å²) in [4.78, 5) is 93.5. The second-order valence-electron chi connectivity index (χ2n) is 26.3. The molecule has 5 heterocycles. The minimum Gasteiger partial charge on any atom is -0.355 e. The van der Waals surface area contributed by atoms with Crippen molar-refractivity contribution in [1.29, 1.82) is 0 Å². The smallest absolute Gasteiger partial charge is 0.319 e. The van der Waals surface area contributed by atoms with Crippen molar-refractivity contribution >= 4 is 109 Å². The van der Waals surface area contributed by atoms with E-state index in [0.717, 1.165) is 138 Å². The lowest BCUT2D eigenvalue weighted by Crippen LogP contribution is -2.39. The number of non-ortho nitro benzene ring substituents is 3. The highest BCUT2D eigenvalue weighted by atomic mass is 35.5. The van der Waals surface area contributed by atoms with Crippen molar-refractivity contribution in [2.45, 2.75) is 66.2 Å². The molecule has 29 heteroatoms. The molecule has 0 fully saturated rings. The van der Waals surface area contributed by atoms with Crippen molar-refractivity contribution in [1.82, 2.24) is 40.5 Å². The van der Waals surface area contributed by atoms with Crippen LogP contribution in [0.15, 0.2) is 229 Å². The van der Waals surface area contributed by atoms with E-state index >= 15 is 0 Å². The number of benzene rings is 9. The van der Waals surface area contributed by atoms with Gasteiger partial charge in [0.15, 0.2) is 0 Å². The molecule has 0 bridgehead atoms. The van der Waals surface area contributed by atoms with Gasteiger partial charge in [0.2, 0.25) is 6.08 Å². The monoisotopic (exact) mass is 1570 g/mol. The first-order valence-corrected chi connectivity index (χ1v) is 37.7. The minimum atomic E-state index is -0.552. The number of para-hydroxylation sites is 1. The number of nitrogens with two attached hydrogens (primary N) is 1. The number of aryl methyl sites for hydroxylation is 1. The molecule has 4 aliphatic heterocycles. The summed E-state index contributed by atoms with van der Waals surface area (Å²) in [7, 11) is 0. The Morgan fingerprint density at radius 3 is 1.18 bits per heavy atom. The Hall–Kier alpha value is -12.0. The number of aliphatic imine (C=N–C) groups is 1. The van der Waals surface area contributed by atoms with Crippen LogP contribution in [0.4, 0.5) is 65.6 Å². The number of urea groups is 3. The molecule has 0 unspecified atom stereocenters. The molecule has 590 valence electrons. The quantitative estimate of drug-likeness (QED) is 0.0115. The summed E-state index contributed by atoms with van der Waals surface area (Å²) in [5.74, 6) is 0. The maximum absolute atomic E-state index is 12.5. The molecule has 9 aromatic carbocycles. The molecule has 0 saturated carbocycles. The van der Waals surface area contributed by atoms with Crippen LogP contribution in [-0.4, -0.2) is 147 Å². The Balaban J connectivity index is 0.000000183. The van der Waals surface area contributed by atoms with E-state index in [0.29, 0.717) is 31.0 Å². The fourth-order valence-corrected chi connectivity index (χ4v) is 13.0. The molecule has 27 nitrogen and oxygen atoms in total. The predicted octanol–water partition coefficient (Wildman–Crippen LogP) is 15.6. The summed E-state index contributed by atoms with van der Waals surface area (Å²) in [6.07, 6.45) is 5.59. The van der Waals surface area contributed by atoms with E-state index in [-0.39, 0.29) is 53.6 Å². The van der Waals surface area contributed by atoms with E-state index in [1.54, 1.807) is 24.3 Å². The van der Waals surface area contributed by atoms with E-state index in [4.69, 9.17) is 28.9 Å². The lowest BCUT2D eigenvalue weighted by atomic mass is 10.00. The number of nitro benzene ring substituents is 3. The largest absolute Gasteiger partial charge is 0.355 e. The minimum absolute atomic E-state index is 0. The van der Waals surface area contributed by atoms with E-state index in [9.17, 15) is 49.5 Å². The van der Waals surface area contributed by atoms with Gasteiger partial charge in [-0.05, 0) is 126 Å². The summed E-state index contributed by atoms with van der Waals surface area (Å²) in [5.41, 5.74) is 22.2. The van der Waals surface area contributed by atoms with Gasteiger partial charge < -0.3 is 43.0 Å². The van der Waals surface area contributed by atoms with Gasteiger partial charge in [-0.15, -0.1) is 23.2 Å². The number of nitro groups is 3. The molecule has 6 amide bonds. The molecule has 10 aromatic rings. The first-order chi connectivity index (χ1) is 54.4. The zero-order chi connectivity index (χ0) is 79.4. The van der Waals surface area contributed by atoms with Crippen LogP contribution in [0.5, 0.6) is 0 Å². The highest BCUT2D eigenvalue weighted by Gasteiger charge is 2.20. The number of aromatic nitrogens is 1. The molecule has 113 heavy (non-hydrogen) atoms. The van der Waals surface area contributed by atoms with E-state index < -0.39 is 14.8 Å². The van der Waals surface area contributed by atoms with Crippen molar-refractivity contribution in [2.24, 2.45) is 10.7 Å². The number of halogens is 2. The van der Waals surface area contributed by atoms with Gasteiger partial charge in [0.25, 0.3) is 17.1 Å². The Labute approximate surface area is 667 Å². The van der Waals surface area contributed by atoms with Gasteiger partial charge in [0.05, 0.1) is 31.3 Å². The first kappa shape index (κ1) is 86.6. The SMILES string of the molecule is C.Cc1cc(Nc2cccc(NC(=O)NCCN3CCc4ccccc4C3)c2)c2ccccc2n1.ClCCl.NCCN1CCc2ccccc2C1.O=C(NCCN1CCc2ccccc2C1)Nc1cccc([N+](=O)[O-])c1.O=C(NCCN1CCc2ccccc2C1)Nc1cccc([N+](=O)[O-])c1.O=C=Nc1cccc([N+](=O)[O-])c1. The van der Waals surface area contributed by atoms with E-state index in [1.165, 1.54) is 106 Å². The number of fused-ring (bicyclic) bond motifs is 5. The van der Waals surface area contributed by atoms with Crippen LogP contribution in [0, 0.1) is 37.3 Å². The number of nitrogens with zero attached hydrogens (tertiary/aromatic N) is 9. The van der Waals surface area contributed by atoms with E-state index in [1.807, 2.05) is 67.6 Å². The van der Waals surface area contributed by atoms with Crippen LogP contribution < -0.4 is 43.0 Å². The molecular formula is C84H95Cl2N17O10. The van der Waals surface area contributed by atoms with Crippen molar-refractivity contribution in [2.75, 3.05) is 105 Å². The number of carbonyl (C=O) groups is 3. The molecule has 0 radical (unpaired) electrons. The molecule has 0 aliphatic carbocycles. The fourth-order valence-electron chi connectivity index (χ4n) is 13.0. The highest BCUT2D eigenvalue weighted by Crippen LogP contribution is 2.29. The Kier molecular flexibility index (Phi) is 35.2. The van der Waals surface area contributed by atoms with Gasteiger partial charge in [-0.25, -0.2) is 19.2 Å². The number of carbonyl (C=O) groups excluding carboxylic acids is 4. The van der Waals surface area contributed by atoms with Crippen LogP contribution in [0.25, 0.3) is 10.9 Å². The van der Waals surface area contributed by atoms with Crippen molar-refractivity contribution in [3.63, 3.8) is 0 Å². The Morgan fingerprint density at radius 1 is 0.451 bits per heavy atom. The number of pyridine rings is 1. The number of rotatable bonds is 20. The van der Waals surface area contributed by atoms with Crippen molar-refractivity contribution in [3.05, 3.63) is 305 Å². The average molecular weight is 1570 g/mol. The van der Waals surface area contributed by atoms with E-state index in [2.05, 4.69) is 158 Å². The fraction of sp³-hybridized carbons (Fsp3) is 0.274. The molecule has 1 aromatic heterocycles. The maximum Gasteiger partial charge on any atom is 0.319 e. The Morgan fingerprint density at radius 2 is 0.788 bits per heavy atom. The summed E-state index contributed by atoms with van der Waals surface area (Å²) in [6.45, 7) is 15.7. The summed E-state index contributed by atoms with van der Waals surface area (Å²) >= 11 is 9.53. The van der Waals surface area contributed by atoms with Gasteiger partial charge in [0, 0.05) is 181 Å². The molecule has 14 rings (SSSR count). The molecule has 0 atom stereocenters. The molecular weight excluding hydrogens is 1480 g/mol. The number of isocyanates is 1. The zero-order valence-electron chi connectivity index (χ0n) is 62.2. The molecule has 0 spiro atoms. The topological polar surface area (TPSA) is 346 Å². The van der Waals surface area contributed by atoms with Crippen LogP contribution in [0.2, 0.25) is 0 Å². The lowest BCUT2D eigenvalue weighted by molar-refractivity contribution is -0.385. The third-order valence-corrected chi connectivity index (χ3v) is 18.5. The second-order valence-corrected chi connectivity index (χ2v) is 27.1. The number of anilines is 5. The number of hydrogen-bond donors (Lipinski definition) is 8. The third kappa shape index (κ3) is 28.7. The van der Waals surface area contributed by atoms with Crippen molar-refractivity contribution in [3.8, 4) is 0 Å². The van der Waals surface area contributed by atoms with Gasteiger partial charge >= 0.3 is 18.1 Å². The Bertz CT molecular complexity index is 4710. The number of amides is 6. The van der Waals surface area contributed by atoms with Gasteiger partial charge in [-0.3, -0.25) is 54.9 Å². The molecule has 9 N–H and O–H groups in total. The first-order valence-electron chi connectivity index (χ1n) is 36.6. The van der Waals surface area contributed by atoms with Gasteiger partial charge in [-0.2, -0.15) is 4.99 Å². The number of alkyl halides is 2. The third-order valence-electron chi connectivity index (χ3n) is 18.5. The van der Waals surface area contributed by atoms with Crippen LogP contribution >= 0.6 is 23.2 Å². The lowest BCUT2D eigenvalue weighted by Gasteiger charge is -2.28.